The van der Waals surface area contributed by atoms with Crippen LogP contribution in [0, 0.1) is 5.92 Å². The van der Waals surface area contributed by atoms with Gasteiger partial charge in [0.2, 0.25) is 23.6 Å². The third-order valence-electron chi connectivity index (χ3n) is 22.1. The van der Waals surface area contributed by atoms with E-state index in [0.717, 1.165) is 150 Å². The Labute approximate surface area is 604 Å². The number of amides is 4. The summed E-state index contributed by atoms with van der Waals surface area (Å²) in [5, 5.41) is 16.1. The van der Waals surface area contributed by atoms with Gasteiger partial charge in [-0.15, -0.1) is 22.7 Å². The second kappa shape index (κ2) is 34.4. The second-order valence-corrected chi connectivity index (χ2v) is 32.0. The molecule has 7 aliphatic rings. The van der Waals surface area contributed by atoms with Crippen LogP contribution in [0.2, 0.25) is 0 Å². The van der Waals surface area contributed by atoms with Gasteiger partial charge in [-0.1, -0.05) is 93.8 Å². The maximum atomic E-state index is 15.3. The fraction of sp³-hybridized carbons (Fsp3) is 0.590. The van der Waals surface area contributed by atoms with Gasteiger partial charge in [0.05, 0.1) is 50.3 Å². The van der Waals surface area contributed by atoms with Gasteiger partial charge in [0.1, 0.15) is 24.3 Å². The highest BCUT2D eigenvalue weighted by atomic mass is 32.1. The summed E-state index contributed by atoms with van der Waals surface area (Å²) in [7, 11) is 0. The minimum absolute atomic E-state index is 0.0200. The van der Waals surface area contributed by atoms with Crippen molar-refractivity contribution in [2.75, 3.05) is 85.1 Å². The lowest BCUT2D eigenvalue weighted by molar-refractivity contribution is -0.145. The first-order valence-electron chi connectivity index (χ1n) is 37.9. The van der Waals surface area contributed by atoms with Crippen molar-refractivity contribution in [1.82, 2.24) is 60.6 Å². The Morgan fingerprint density at radius 3 is 1.68 bits per heavy atom. The zero-order valence-corrected chi connectivity index (χ0v) is 61.4. The topological polar surface area (TPSA) is 231 Å². The zero-order chi connectivity index (χ0) is 69.8. The van der Waals surface area contributed by atoms with Crippen LogP contribution < -0.4 is 27.0 Å². The maximum absolute atomic E-state index is 15.3. The lowest BCUT2D eigenvalue weighted by Gasteiger charge is -2.42. The van der Waals surface area contributed by atoms with Gasteiger partial charge in [0.15, 0.2) is 0 Å². The quantitative estimate of drug-likeness (QED) is 0.0318. The molecule has 1 aliphatic carbocycles. The number of unbranched alkanes of at least 4 members (excludes halogenated alkanes) is 2. The van der Waals surface area contributed by atoms with E-state index in [1.165, 1.54) is 19.3 Å². The van der Waals surface area contributed by atoms with Crippen LogP contribution in [0.4, 0.5) is 0 Å². The monoisotopic (exact) mass is 1410 g/mol. The van der Waals surface area contributed by atoms with Gasteiger partial charge in [-0.3, -0.25) is 29.1 Å². The predicted octanol–water partition coefficient (Wildman–Crippen LogP) is 9.74. The number of carbonyl (C=O) groups excluding carboxylic acids is 4. The molecule has 0 radical (unpaired) electrons. The molecule has 8 atom stereocenters. The number of amidine groups is 2. The third kappa shape index (κ3) is 18.3. The number of piperazine rings is 2. The molecule has 2 aromatic carbocycles. The largest absolute Gasteiger partial charge is 0.455 e. The molecule has 10 heterocycles. The molecule has 101 heavy (non-hydrogen) atoms. The van der Waals surface area contributed by atoms with Gasteiger partial charge in [-0.25, -0.2) is 9.98 Å². The second-order valence-electron chi connectivity index (χ2n) is 29.7. The van der Waals surface area contributed by atoms with Crippen molar-refractivity contribution in [2.45, 2.75) is 204 Å². The lowest BCUT2D eigenvalue weighted by Crippen LogP contribution is -2.64. The van der Waals surface area contributed by atoms with E-state index >= 15 is 4.79 Å². The number of hydrogen-bond donors (Lipinski definition) is 5. The number of rotatable bonds is 26. The average Bonchev–Trinajstić information content (AvgIpc) is 1.72. The van der Waals surface area contributed by atoms with Crippen molar-refractivity contribution in [3.8, 4) is 0 Å². The summed E-state index contributed by atoms with van der Waals surface area (Å²) in [6.07, 6.45) is 20.2. The van der Waals surface area contributed by atoms with Gasteiger partial charge in [0, 0.05) is 98.4 Å². The van der Waals surface area contributed by atoms with Crippen LogP contribution in [0.3, 0.4) is 0 Å². The van der Waals surface area contributed by atoms with E-state index < -0.39 is 24.2 Å². The summed E-state index contributed by atoms with van der Waals surface area (Å²) < 4.78 is 15.4. The molecule has 21 nitrogen and oxygen atoms in total. The molecular formula is C78H107N15O6S2. The summed E-state index contributed by atoms with van der Waals surface area (Å²) in [6.45, 7) is 18.2. The standard InChI is InChI=1S/C78H107N15O6S2/c1-52(2)84-64(22-12-16-34-88-32-14-7-15-33-88)75(96)92-40-38-90(77-85-53(3)71(98-77)57-18-8-5-9-19-57)50-67(92)73(94)83-49-63-43-60-47-81-66(44-70(60)101-63)56-29-36-89(37-30-56)35-17-13-23-65(87-61-26-24-55(45-79)25-27-61)76(97)93-41-39-91(78-86-54(4)72(99-78)58-20-10-6-11-21-58)51-68(93)74(95)82-48-62-42-59-46-80-31-28-69(59)100-62/h5-6,8-11,18-21,28,31,42-44,46-47,52-56,61,64-65,67-68,71-72,84,87H,7,12-17,22-27,29-30,32-41,45,48-51,79H2,1-4H3,(H,82,95)(H,83,94)/t53-,54-,55?,61?,64+,65+,67-,68-,71?,72?/m0/s1. The fourth-order valence-electron chi connectivity index (χ4n) is 16.3. The number of thiophene rings is 2. The first-order chi connectivity index (χ1) is 49.3. The highest BCUT2D eigenvalue weighted by Crippen LogP contribution is 2.36. The van der Waals surface area contributed by atoms with Gasteiger partial charge in [-0.05, 0) is 178 Å². The number of hydrogen-bond acceptors (Lipinski definition) is 19. The number of benzene rings is 2. The first kappa shape index (κ1) is 72.2. The van der Waals surface area contributed by atoms with Crippen LogP contribution in [0.15, 0.2) is 114 Å². The number of piperidine rings is 2. The number of aromatic nitrogens is 2. The Balaban J connectivity index is 0.622. The number of fused-ring (bicyclic) bond motifs is 2. The van der Waals surface area contributed by atoms with Crippen LogP contribution >= 0.6 is 22.7 Å². The maximum Gasteiger partial charge on any atom is 0.288 e. The van der Waals surface area contributed by atoms with E-state index in [1.54, 1.807) is 28.9 Å². The highest BCUT2D eigenvalue weighted by molar-refractivity contribution is 7.19. The number of nitrogens with one attached hydrogen (secondary N) is 4. The molecule has 6 N–H and O–H groups in total. The molecule has 6 aliphatic heterocycles. The molecular weight excluding hydrogens is 1310 g/mol. The molecule has 23 heteroatoms. The van der Waals surface area contributed by atoms with Crippen LogP contribution in [-0.4, -0.2) is 208 Å². The van der Waals surface area contributed by atoms with Crippen molar-refractivity contribution in [3.63, 3.8) is 0 Å². The molecule has 6 aromatic rings. The summed E-state index contributed by atoms with van der Waals surface area (Å²) in [6, 6.07) is 27.6. The molecule has 0 bridgehead atoms. The number of carbonyl (C=O) groups is 4. The Kier molecular flexibility index (Phi) is 24.6. The van der Waals surface area contributed by atoms with Gasteiger partial charge in [-0.2, -0.15) is 0 Å². The molecule has 1 saturated carbocycles. The number of nitrogens with two attached hydrogens (primary N) is 1. The number of nitrogens with zero attached hydrogens (tertiary/aromatic N) is 10. The summed E-state index contributed by atoms with van der Waals surface area (Å²) in [4.78, 5) is 94.0. The summed E-state index contributed by atoms with van der Waals surface area (Å²) >= 11 is 3.33. The summed E-state index contributed by atoms with van der Waals surface area (Å²) in [5.74, 6) is 0.413. The fourth-order valence-corrected chi connectivity index (χ4v) is 18.3. The molecule has 4 saturated heterocycles. The molecule has 5 fully saturated rings. The average molecular weight is 1410 g/mol. The predicted molar refractivity (Wildman–Crippen MR) is 402 cm³/mol. The van der Waals surface area contributed by atoms with E-state index in [-0.39, 0.29) is 73.1 Å². The Hall–Kier alpha value is -7.12. The van der Waals surface area contributed by atoms with Gasteiger partial charge in [0.25, 0.3) is 12.0 Å². The van der Waals surface area contributed by atoms with Gasteiger partial charge < -0.3 is 65.9 Å². The van der Waals surface area contributed by atoms with E-state index in [1.807, 2.05) is 64.7 Å². The highest BCUT2D eigenvalue weighted by Gasteiger charge is 2.44. The van der Waals surface area contributed by atoms with Crippen molar-refractivity contribution >= 4 is 78.5 Å². The van der Waals surface area contributed by atoms with E-state index in [2.05, 4.69) is 116 Å². The minimum Gasteiger partial charge on any atom is -0.455 e. The summed E-state index contributed by atoms with van der Waals surface area (Å²) in [5.41, 5.74) is 9.38. The Morgan fingerprint density at radius 1 is 0.594 bits per heavy atom. The van der Waals surface area contributed by atoms with Crippen LogP contribution in [0.5, 0.6) is 0 Å². The molecule has 2 unspecified atom stereocenters. The molecule has 0 spiro atoms. The Morgan fingerprint density at radius 2 is 1.13 bits per heavy atom. The zero-order valence-electron chi connectivity index (χ0n) is 59.8. The number of pyridine rings is 2. The van der Waals surface area contributed by atoms with Crippen molar-refractivity contribution in [3.05, 3.63) is 130 Å². The van der Waals surface area contributed by atoms with Crippen molar-refractivity contribution in [2.24, 2.45) is 21.6 Å². The van der Waals surface area contributed by atoms with Crippen molar-refractivity contribution < 1.29 is 28.7 Å². The molecule has 4 aromatic heterocycles. The van der Waals surface area contributed by atoms with Crippen LogP contribution in [-0.2, 0) is 41.7 Å². The number of aliphatic imine (C=N–C) groups is 2. The molecule has 542 valence electrons. The first-order valence-corrected chi connectivity index (χ1v) is 39.5. The molecule has 4 amide bonds. The van der Waals surface area contributed by atoms with Gasteiger partial charge >= 0.3 is 0 Å². The minimum atomic E-state index is -0.759. The Bertz CT molecular complexity index is 3740. The van der Waals surface area contributed by atoms with Crippen LogP contribution in [0.25, 0.3) is 20.2 Å². The smallest absolute Gasteiger partial charge is 0.288 e. The van der Waals surface area contributed by atoms with Crippen LogP contribution in [0.1, 0.15) is 169 Å². The SMILES string of the molecule is CC(C)N[C@H](CCCCN1CCCCC1)C(=O)N1CCN(C2=N[C@@H](C)C(c3ccccc3)O2)C[C@H]1C(=O)NCc1cc2cnc(C3CCN(CCCC[C@@H](NC4CCC(CN)CC4)C(=O)N4CCN(C5=N[C@@H](C)C(c6ccccc6)O5)C[C@H]4C(=O)NCc4cc5cnccc5s4)CC3)cc2s1. The van der Waals surface area contributed by atoms with Crippen molar-refractivity contribution in [1.29, 1.82) is 0 Å². The van der Waals surface area contributed by atoms with E-state index in [4.69, 9.17) is 30.2 Å². The lowest BCUT2D eigenvalue weighted by atomic mass is 9.85. The van der Waals surface area contributed by atoms with E-state index in [0.29, 0.717) is 82.5 Å². The third-order valence-corrected chi connectivity index (χ3v) is 24.3. The normalized spacial score (nSPS) is 24.7. The number of likely N-dealkylation sites (tertiary alicyclic amines) is 2. The molecule has 13 rings (SSSR count). The van der Waals surface area contributed by atoms with E-state index in [9.17, 15) is 14.4 Å². The number of ether oxygens (including phenoxy) is 2.